The molecule has 1 N–H and O–H groups in total. The van der Waals surface area contributed by atoms with Crippen molar-refractivity contribution < 1.29 is 8.42 Å². The predicted molar refractivity (Wildman–Crippen MR) is 109 cm³/mol. The van der Waals surface area contributed by atoms with Crippen molar-refractivity contribution in [3.63, 3.8) is 0 Å². The van der Waals surface area contributed by atoms with E-state index in [1.807, 2.05) is 42.5 Å². The van der Waals surface area contributed by atoms with E-state index in [0.717, 1.165) is 40.7 Å². The Hall–Kier alpha value is -2.11. The molecule has 136 valence electrons. The minimum absolute atomic E-state index is 0.0758. The van der Waals surface area contributed by atoms with Crippen LogP contribution in [-0.4, -0.2) is 26.2 Å². The average molecular weight is 389 g/mol. The Balaban J connectivity index is 1.68. The summed E-state index contributed by atoms with van der Waals surface area (Å²) in [7, 11) is -3.00. The summed E-state index contributed by atoms with van der Waals surface area (Å²) in [6.45, 7) is 2.80. The maximum Gasteiger partial charge on any atom is 0.151 e. The number of rotatable bonds is 6. The highest BCUT2D eigenvalue weighted by Crippen LogP contribution is 2.26. The molecule has 0 saturated heterocycles. The molecule has 0 aliphatic rings. The molecule has 0 atom stereocenters. The maximum atomic E-state index is 11.3. The molecular weight excluding hydrogens is 368 g/mol. The van der Waals surface area contributed by atoms with Gasteiger partial charge < -0.3 is 5.32 Å². The van der Waals surface area contributed by atoms with Crippen molar-refractivity contribution in [3.8, 4) is 0 Å². The van der Waals surface area contributed by atoms with Crippen molar-refractivity contribution in [2.24, 2.45) is 0 Å². The van der Waals surface area contributed by atoms with Crippen LogP contribution in [-0.2, 0) is 22.0 Å². The number of anilines is 1. The third kappa shape index (κ3) is 4.96. The normalized spacial score (nSPS) is 11.7. The Morgan fingerprint density at radius 3 is 2.42 bits per heavy atom. The monoisotopic (exact) mass is 388 g/mol. The second-order valence-electron chi connectivity index (χ2n) is 6.58. The van der Waals surface area contributed by atoms with Gasteiger partial charge in [0.2, 0.25) is 0 Å². The highest BCUT2D eigenvalue weighted by molar-refractivity contribution is 7.89. The third-order valence-corrected chi connectivity index (χ3v) is 5.17. The molecule has 4 nitrogen and oxygen atoms in total. The van der Waals surface area contributed by atoms with E-state index in [1.54, 1.807) is 0 Å². The molecule has 0 amide bonds. The summed E-state index contributed by atoms with van der Waals surface area (Å²) in [5.74, 6) is 0.0758. The van der Waals surface area contributed by atoms with Crippen LogP contribution < -0.4 is 5.32 Å². The molecule has 3 rings (SSSR count). The number of fused-ring (bicyclic) bond motifs is 1. The van der Waals surface area contributed by atoms with Gasteiger partial charge in [0.05, 0.1) is 11.3 Å². The molecule has 0 spiro atoms. The number of pyridine rings is 1. The minimum Gasteiger partial charge on any atom is -0.384 e. The second-order valence-corrected chi connectivity index (χ2v) is 9.10. The number of nitrogens with one attached hydrogen (secondary N) is 1. The number of nitrogens with zero attached hydrogens (tertiary/aromatic N) is 1. The fraction of sp³-hybridized carbons (Fsp3) is 0.250. The van der Waals surface area contributed by atoms with Crippen LogP contribution in [0.1, 0.15) is 16.7 Å². The van der Waals surface area contributed by atoms with Crippen LogP contribution in [0.4, 0.5) is 5.69 Å². The highest BCUT2D eigenvalue weighted by Gasteiger charge is 2.06. The summed E-state index contributed by atoms with van der Waals surface area (Å²) in [5.41, 5.74) is 4.97. The van der Waals surface area contributed by atoms with Gasteiger partial charge >= 0.3 is 0 Å². The van der Waals surface area contributed by atoms with E-state index in [2.05, 4.69) is 23.3 Å². The van der Waals surface area contributed by atoms with E-state index in [1.165, 1.54) is 11.8 Å². The molecule has 6 heteroatoms. The first-order valence-corrected chi connectivity index (χ1v) is 10.8. The predicted octanol–water partition coefficient (Wildman–Crippen LogP) is 4.40. The van der Waals surface area contributed by atoms with Gasteiger partial charge in [-0.25, -0.2) is 13.4 Å². The van der Waals surface area contributed by atoms with E-state index in [0.29, 0.717) is 5.15 Å². The zero-order chi connectivity index (χ0) is 18.7. The Bertz CT molecular complexity index is 1030. The van der Waals surface area contributed by atoms with Gasteiger partial charge in [-0.1, -0.05) is 47.5 Å². The number of halogens is 1. The van der Waals surface area contributed by atoms with Crippen molar-refractivity contribution in [1.29, 1.82) is 0 Å². The van der Waals surface area contributed by atoms with E-state index in [-0.39, 0.29) is 5.75 Å². The van der Waals surface area contributed by atoms with E-state index < -0.39 is 9.84 Å². The topological polar surface area (TPSA) is 59.1 Å². The van der Waals surface area contributed by atoms with Gasteiger partial charge in [-0.2, -0.15) is 0 Å². The molecule has 0 unspecified atom stereocenters. The molecule has 1 aromatic heterocycles. The van der Waals surface area contributed by atoms with Crippen molar-refractivity contribution in [3.05, 3.63) is 70.4 Å². The van der Waals surface area contributed by atoms with Gasteiger partial charge in [0.1, 0.15) is 5.15 Å². The van der Waals surface area contributed by atoms with Crippen LogP contribution >= 0.6 is 11.6 Å². The van der Waals surface area contributed by atoms with E-state index in [4.69, 9.17) is 11.6 Å². The second kappa shape index (κ2) is 7.64. The van der Waals surface area contributed by atoms with Gasteiger partial charge in [-0.3, -0.25) is 0 Å². The molecular formula is C20H21ClN2O2S. The van der Waals surface area contributed by atoms with Gasteiger partial charge in [-0.05, 0) is 42.7 Å². The first-order valence-electron chi connectivity index (χ1n) is 8.36. The number of benzene rings is 2. The SMILES string of the molecule is Cc1ccc2nc(Cl)cc(NCCc3ccc(CS(C)(=O)=O)cc3)c2c1. The summed E-state index contributed by atoms with van der Waals surface area (Å²) < 4.78 is 22.7. The molecule has 0 saturated carbocycles. The zero-order valence-corrected chi connectivity index (χ0v) is 16.4. The largest absolute Gasteiger partial charge is 0.384 e. The van der Waals surface area contributed by atoms with Crippen molar-refractivity contribution in [2.45, 2.75) is 19.1 Å². The Kier molecular flexibility index (Phi) is 5.49. The summed E-state index contributed by atoms with van der Waals surface area (Å²) in [6, 6.07) is 15.6. The number of aromatic nitrogens is 1. The zero-order valence-electron chi connectivity index (χ0n) is 14.8. The fourth-order valence-electron chi connectivity index (χ4n) is 2.90. The molecule has 0 aliphatic carbocycles. The van der Waals surface area contributed by atoms with Gasteiger partial charge in [0.15, 0.2) is 9.84 Å². The molecule has 26 heavy (non-hydrogen) atoms. The molecule has 0 aliphatic heterocycles. The van der Waals surface area contributed by atoms with Gasteiger partial charge in [0.25, 0.3) is 0 Å². The first-order chi connectivity index (χ1) is 12.3. The molecule has 0 bridgehead atoms. The van der Waals surface area contributed by atoms with Crippen LogP contribution in [0.5, 0.6) is 0 Å². The van der Waals surface area contributed by atoms with Crippen LogP contribution in [0.15, 0.2) is 48.5 Å². The average Bonchev–Trinajstić information content (AvgIpc) is 2.55. The number of hydrogen-bond donors (Lipinski definition) is 1. The van der Waals surface area contributed by atoms with Crippen molar-refractivity contribution in [2.75, 3.05) is 18.1 Å². The summed E-state index contributed by atoms with van der Waals surface area (Å²) in [5, 5.41) is 4.96. The lowest BCUT2D eigenvalue weighted by Crippen LogP contribution is -2.06. The Morgan fingerprint density at radius 1 is 1.04 bits per heavy atom. The standard InChI is InChI=1S/C20H21ClN2O2S/c1-14-3-8-18-17(11-14)19(12-20(21)23-18)22-10-9-15-4-6-16(7-5-15)13-26(2,24)25/h3-8,11-12H,9-10,13H2,1-2H3,(H,22,23). The lowest BCUT2D eigenvalue weighted by molar-refractivity contribution is 0.601. The number of aryl methyl sites for hydroxylation is 1. The third-order valence-electron chi connectivity index (χ3n) is 4.11. The Morgan fingerprint density at radius 2 is 1.73 bits per heavy atom. The smallest absolute Gasteiger partial charge is 0.151 e. The molecule has 2 aromatic carbocycles. The summed E-state index contributed by atoms with van der Waals surface area (Å²) >= 11 is 6.13. The lowest BCUT2D eigenvalue weighted by atomic mass is 10.1. The van der Waals surface area contributed by atoms with Crippen LogP contribution in [0, 0.1) is 6.92 Å². The maximum absolute atomic E-state index is 11.3. The van der Waals surface area contributed by atoms with Gasteiger partial charge in [0, 0.05) is 23.9 Å². The Labute approximate surface area is 159 Å². The van der Waals surface area contributed by atoms with Gasteiger partial charge in [-0.15, -0.1) is 0 Å². The van der Waals surface area contributed by atoms with Crippen LogP contribution in [0.25, 0.3) is 10.9 Å². The molecule has 0 fully saturated rings. The van der Waals surface area contributed by atoms with Crippen LogP contribution in [0.2, 0.25) is 5.15 Å². The molecule has 3 aromatic rings. The van der Waals surface area contributed by atoms with Crippen LogP contribution in [0.3, 0.4) is 0 Å². The fourth-order valence-corrected chi connectivity index (χ4v) is 3.90. The molecule has 1 heterocycles. The van der Waals surface area contributed by atoms with Crippen molar-refractivity contribution in [1.82, 2.24) is 4.98 Å². The molecule has 0 radical (unpaired) electrons. The van der Waals surface area contributed by atoms with Crippen molar-refractivity contribution >= 4 is 38.0 Å². The van der Waals surface area contributed by atoms with E-state index >= 15 is 0 Å². The highest BCUT2D eigenvalue weighted by atomic mass is 35.5. The summed E-state index contributed by atoms with van der Waals surface area (Å²) in [4.78, 5) is 4.36. The number of hydrogen-bond acceptors (Lipinski definition) is 4. The number of sulfone groups is 1. The summed E-state index contributed by atoms with van der Waals surface area (Å²) in [6.07, 6.45) is 2.07. The van der Waals surface area contributed by atoms with E-state index in [9.17, 15) is 8.42 Å². The lowest BCUT2D eigenvalue weighted by Gasteiger charge is -2.11. The first kappa shape index (κ1) is 18.7. The minimum atomic E-state index is -3.00. The quantitative estimate of drug-likeness (QED) is 0.636.